The molecule has 0 atom stereocenters. The second-order valence-corrected chi connectivity index (χ2v) is 7.48. The Hall–Kier alpha value is -1.62. The summed E-state index contributed by atoms with van der Waals surface area (Å²) in [6.07, 6.45) is -0.249. The second-order valence-electron chi connectivity index (χ2n) is 6.63. The van der Waals surface area contributed by atoms with Gasteiger partial charge in [-0.1, -0.05) is 18.2 Å². The number of hydrogen-bond donors (Lipinski definition) is 0. The average Bonchev–Trinajstić information content (AvgIpc) is 2.35. The number of pyridine rings is 1. The molecule has 0 unspecified atom stereocenters. The van der Waals surface area contributed by atoms with Crippen LogP contribution >= 0.6 is 15.9 Å². The van der Waals surface area contributed by atoms with E-state index in [4.69, 9.17) is 9.72 Å². The van der Waals surface area contributed by atoms with Crippen LogP contribution in [-0.4, -0.2) is 34.7 Å². The summed E-state index contributed by atoms with van der Waals surface area (Å²) in [5.41, 5.74) is 1.54. The molecule has 1 aliphatic rings. The lowest BCUT2D eigenvalue weighted by atomic mass is 9.95. The van der Waals surface area contributed by atoms with E-state index in [2.05, 4.69) is 22.0 Å². The van der Waals surface area contributed by atoms with Gasteiger partial charge in [0.1, 0.15) is 5.60 Å². The van der Waals surface area contributed by atoms with Crippen LogP contribution in [-0.2, 0) is 4.74 Å². The largest absolute Gasteiger partial charge is 0.444 e. The second kappa shape index (κ2) is 5.54. The molecule has 0 aliphatic carbocycles. The van der Waals surface area contributed by atoms with Crippen LogP contribution in [0.1, 0.15) is 32.4 Å². The van der Waals surface area contributed by atoms with Gasteiger partial charge < -0.3 is 9.64 Å². The van der Waals surface area contributed by atoms with E-state index in [1.54, 1.807) is 4.90 Å². The Morgan fingerprint density at radius 2 is 2.00 bits per heavy atom. The number of nitrogens with zero attached hydrogens (tertiary/aromatic N) is 2. The number of carbonyl (C=O) groups is 1. The third-order valence-corrected chi connectivity index (χ3v) is 4.26. The minimum Gasteiger partial charge on any atom is -0.444 e. The molecule has 22 heavy (non-hydrogen) atoms. The van der Waals surface area contributed by atoms with Crippen molar-refractivity contribution >= 4 is 32.9 Å². The van der Waals surface area contributed by atoms with E-state index >= 15 is 0 Å². The van der Waals surface area contributed by atoms with Crippen LogP contribution in [0.2, 0.25) is 0 Å². The molecule has 0 saturated carbocycles. The predicted molar refractivity (Wildman–Crippen MR) is 90.0 cm³/mol. The molecule has 1 aromatic carbocycles. The van der Waals surface area contributed by atoms with Gasteiger partial charge >= 0.3 is 6.09 Å². The first-order valence-corrected chi connectivity index (χ1v) is 8.16. The summed E-state index contributed by atoms with van der Waals surface area (Å²) in [4.78, 5) is 18.4. The van der Waals surface area contributed by atoms with Crippen LogP contribution in [0.25, 0.3) is 10.9 Å². The first kappa shape index (κ1) is 15.3. The van der Waals surface area contributed by atoms with E-state index in [-0.39, 0.29) is 12.0 Å². The molecule has 0 N–H and O–H groups in total. The van der Waals surface area contributed by atoms with Gasteiger partial charge in [-0.2, -0.15) is 0 Å². The van der Waals surface area contributed by atoms with Crippen molar-refractivity contribution in [2.45, 2.75) is 32.3 Å². The zero-order valence-electron chi connectivity index (χ0n) is 13.0. The van der Waals surface area contributed by atoms with Crippen molar-refractivity contribution in [1.29, 1.82) is 0 Å². The van der Waals surface area contributed by atoms with Gasteiger partial charge in [0.25, 0.3) is 0 Å². The highest BCUT2D eigenvalue weighted by Crippen LogP contribution is 2.33. The van der Waals surface area contributed by atoms with Crippen molar-refractivity contribution in [2.24, 2.45) is 0 Å². The number of para-hydroxylation sites is 1. The smallest absolute Gasteiger partial charge is 0.410 e. The molecular weight excluding hydrogens is 344 g/mol. The van der Waals surface area contributed by atoms with Gasteiger partial charge in [0, 0.05) is 28.9 Å². The van der Waals surface area contributed by atoms with Gasteiger partial charge in [0.05, 0.1) is 11.2 Å². The van der Waals surface area contributed by atoms with Gasteiger partial charge in [-0.3, -0.25) is 4.98 Å². The number of fused-ring (bicyclic) bond motifs is 1. The summed E-state index contributed by atoms with van der Waals surface area (Å²) in [7, 11) is 0. The first-order valence-electron chi connectivity index (χ1n) is 7.36. The van der Waals surface area contributed by atoms with Crippen LogP contribution in [0.4, 0.5) is 4.79 Å². The Morgan fingerprint density at radius 3 is 2.68 bits per heavy atom. The SMILES string of the molecule is CC(C)(C)OC(=O)N1CC(c2nc3ccccc3cc2Br)C1. The molecule has 1 fully saturated rings. The molecule has 3 rings (SSSR count). The van der Waals surface area contributed by atoms with Gasteiger partial charge in [-0.15, -0.1) is 0 Å². The molecule has 5 heteroatoms. The Balaban J connectivity index is 1.73. The van der Waals surface area contributed by atoms with Crippen molar-refractivity contribution in [3.8, 4) is 0 Å². The molecule has 2 heterocycles. The highest BCUT2D eigenvalue weighted by molar-refractivity contribution is 9.10. The van der Waals surface area contributed by atoms with Crippen LogP contribution in [0.3, 0.4) is 0 Å². The van der Waals surface area contributed by atoms with Crippen molar-refractivity contribution < 1.29 is 9.53 Å². The van der Waals surface area contributed by atoms with Crippen LogP contribution in [0.15, 0.2) is 34.8 Å². The third-order valence-electron chi connectivity index (χ3n) is 3.62. The maximum absolute atomic E-state index is 12.0. The van der Waals surface area contributed by atoms with E-state index < -0.39 is 5.60 Å². The molecule has 1 aromatic heterocycles. The highest BCUT2D eigenvalue weighted by atomic mass is 79.9. The van der Waals surface area contributed by atoms with Crippen LogP contribution < -0.4 is 0 Å². The topological polar surface area (TPSA) is 42.4 Å². The molecule has 1 aliphatic heterocycles. The summed E-state index contributed by atoms with van der Waals surface area (Å²) < 4.78 is 6.38. The fourth-order valence-corrected chi connectivity index (χ4v) is 3.18. The minimum absolute atomic E-state index is 0.249. The average molecular weight is 363 g/mol. The van der Waals surface area contributed by atoms with Gasteiger partial charge in [0.2, 0.25) is 0 Å². The van der Waals surface area contributed by atoms with E-state index in [9.17, 15) is 4.79 Å². The molecular formula is C17H19BrN2O2. The summed E-state index contributed by atoms with van der Waals surface area (Å²) >= 11 is 3.60. The van der Waals surface area contributed by atoms with Crippen molar-refractivity contribution in [3.63, 3.8) is 0 Å². The number of aromatic nitrogens is 1. The maximum Gasteiger partial charge on any atom is 0.410 e. The maximum atomic E-state index is 12.0. The predicted octanol–water partition coefficient (Wildman–Crippen LogP) is 4.33. The number of rotatable bonds is 1. The quantitative estimate of drug-likeness (QED) is 0.757. The molecule has 4 nitrogen and oxygen atoms in total. The third kappa shape index (κ3) is 3.09. The number of likely N-dealkylation sites (tertiary alicyclic amines) is 1. The standard InChI is InChI=1S/C17H19BrN2O2/c1-17(2,3)22-16(21)20-9-12(10-20)15-13(18)8-11-6-4-5-7-14(11)19-15/h4-8,12H,9-10H2,1-3H3. The number of amides is 1. The number of benzene rings is 1. The Morgan fingerprint density at radius 1 is 1.32 bits per heavy atom. The fraction of sp³-hybridized carbons (Fsp3) is 0.412. The molecule has 2 aromatic rings. The van der Waals surface area contributed by atoms with Crippen LogP contribution in [0.5, 0.6) is 0 Å². The van der Waals surface area contributed by atoms with Crippen molar-refractivity contribution in [1.82, 2.24) is 9.88 Å². The summed E-state index contributed by atoms with van der Waals surface area (Å²) in [5.74, 6) is 0.256. The van der Waals surface area contributed by atoms with Crippen molar-refractivity contribution in [2.75, 3.05) is 13.1 Å². The fourth-order valence-electron chi connectivity index (χ4n) is 2.52. The summed E-state index contributed by atoms with van der Waals surface area (Å²) in [6.45, 7) is 6.94. The van der Waals surface area contributed by atoms with E-state index in [0.717, 1.165) is 21.1 Å². The molecule has 0 spiro atoms. The number of hydrogen-bond acceptors (Lipinski definition) is 3. The minimum atomic E-state index is -0.454. The Labute approximate surface area is 138 Å². The van der Waals surface area contributed by atoms with Gasteiger partial charge in [0.15, 0.2) is 0 Å². The number of ether oxygens (including phenoxy) is 1. The lowest BCUT2D eigenvalue weighted by molar-refractivity contribution is 0.00784. The summed E-state index contributed by atoms with van der Waals surface area (Å²) in [5, 5.41) is 1.11. The molecule has 0 radical (unpaired) electrons. The van der Waals surface area contributed by atoms with E-state index in [1.807, 2.05) is 45.0 Å². The molecule has 1 amide bonds. The molecule has 116 valence electrons. The molecule has 1 saturated heterocycles. The Kier molecular flexibility index (Phi) is 3.85. The summed E-state index contributed by atoms with van der Waals surface area (Å²) in [6, 6.07) is 10.1. The van der Waals surface area contributed by atoms with Gasteiger partial charge in [-0.25, -0.2) is 4.79 Å². The van der Waals surface area contributed by atoms with E-state index in [0.29, 0.717) is 13.1 Å². The lowest BCUT2D eigenvalue weighted by Gasteiger charge is -2.39. The monoisotopic (exact) mass is 362 g/mol. The zero-order chi connectivity index (χ0) is 15.9. The van der Waals surface area contributed by atoms with Crippen molar-refractivity contribution in [3.05, 3.63) is 40.5 Å². The lowest BCUT2D eigenvalue weighted by Crippen LogP contribution is -2.50. The number of carbonyl (C=O) groups excluding carboxylic acids is 1. The zero-order valence-corrected chi connectivity index (χ0v) is 14.6. The number of halogens is 1. The van der Waals surface area contributed by atoms with Gasteiger partial charge in [-0.05, 0) is 48.8 Å². The van der Waals surface area contributed by atoms with E-state index in [1.165, 1.54) is 0 Å². The Bertz CT molecular complexity index is 718. The van der Waals surface area contributed by atoms with Crippen LogP contribution in [0, 0.1) is 0 Å². The highest BCUT2D eigenvalue weighted by Gasteiger charge is 2.36. The first-order chi connectivity index (χ1) is 10.3. The molecule has 0 bridgehead atoms. The normalized spacial score (nSPS) is 15.7.